The van der Waals surface area contributed by atoms with E-state index in [2.05, 4.69) is 11.0 Å². The van der Waals surface area contributed by atoms with Crippen molar-refractivity contribution < 1.29 is 25.4 Å². The highest BCUT2D eigenvalue weighted by molar-refractivity contribution is 8.03. The Labute approximate surface area is 274 Å². The Bertz CT molecular complexity index is 1710. The van der Waals surface area contributed by atoms with Crippen molar-refractivity contribution in [2.75, 3.05) is 0 Å². The molecular weight excluding hydrogens is 649 g/mol. The van der Waals surface area contributed by atoms with Gasteiger partial charge in [0.05, 0.1) is 19.8 Å². The van der Waals surface area contributed by atoms with Gasteiger partial charge in [-0.2, -0.15) is 16.8 Å². The second-order valence-corrected chi connectivity index (χ2v) is 15.4. The molecule has 0 amide bonds. The molecule has 0 spiro atoms. The third-order valence-electron chi connectivity index (χ3n) is 6.23. The van der Waals surface area contributed by atoms with E-state index < -0.39 is 20.2 Å². The van der Waals surface area contributed by atoms with Gasteiger partial charge in [0.1, 0.15) is 0 Å². The summed E-state index contributed by atoms with van der Waals surface area (Å²) in [5.74, 6) is 0. The van der Waals surface area contributed by atoms with E-state index in [0.717, 1.165) is 32.0 Å². The van der Waals surface area contributed by atoms with Crippen LogP contribution in [-0.2, 0) is 28.8 Å². The topological polar surface area (TPSA) is 111 Å². The molecule has 0 fully saturated rings. The van der Waals surface area contributed by atoms with Gasteiger partial charge in [-0.1, -0.05) is 94.3 Å². The van der Waals surface area contributed by atoms with Crippen LogP contribution in [0.4, 0.5) is 0 Å². The van der Waals surface area contributed by atoms with Crippen LogP contribution >= 0.6 is 23.5 Å². The molecule has 0 aliphatic heterocycles. The summed E-state index contributed by atoms with van der Waals surface area (Å²) in [6.45, 7) is 7.69. The maximum Gasteiger partial charge on any atom is 0.317 e. The van der Waals surface area contributed by atoms with Gasteiger partial charge in [0.15, 0.2) is 0 Å². The summed E-state index contributed by atoms with van der Waals surface area (Å²) in [5.41, 5.74) is 9.22. The van der Waals surface area contributed by atoms with Crippen molar-refractivity contribution in [2.24, 2.45) is 0 Å². The fourth-order valence-corrected chi connectivity index (χ4v) is 6.86. The average molecular weight is 683 g/mol. The van der Waals surface area contributed by atoms with E-state index in [4.69, 9.17) is 8.57 Å². The van der Waals surface area contributed by atoms with Gasteiger partial charge >= 0.3 is 20.2 Å². The summed E-state index contributed by atoms with van der Waals surface area (Å²) in [4.78, 5) is 1.76. The summed E-state index contributed by atoms with van der Waals surface area (Å²) in [6.07, 6.45) is 3.74. The lowest BCUT2D eigenvalue weighted by atomic mass is 10.2. The van der Waals surface area contributed by atoms with Gasteiger partial charge in [-0.15, -0.1) is 8.57 Å². The maximum atomic E-state index is 12.8. The molecule has 0 aliphatic carbocycles. The molecule has 4 aromatic carbocycles. The Hall–Kier alpha value is -3.52. The van der Waals surface area contributed by atoms with Crippen molar-refractivity contribution in [3.05, 3.63) is 142 Å². The minimum atomic E-state index is -4.09. The van der Waals surface area contributed by atoms with Crippen molar-refractivity contribution in [1.82, 2.24) is 11.0 Å². The predicted octanol–water partition coefficient (Wildman–Crippen LogP) is 7.70. The van der Waals surface area contributed by atoms with E-state index in [1.807, 2.05) is 76.2 Å². The first kappa shape index (κ1) is 34.4. The summed E-state index contributed by atoms with van der Waals surface area (Å²) in [5, 5.41) is 0.831. The summed E-state index contributed by atoms with van der Waals surface area (Å²) < 4.78 is 61.8. The van der Waals surface area contributed by atoms with E-state index >= 15 is 0 Å². The molecule has 0 radical (unpaired) electrons. The lowest BCUT2D eigenvalue weighted by Gasteiger charge is -2.13. The Morgan fingerprint density at radius 2 is 0.822 bits per heavy atom. The highest BCUT2D eigenvalue weighted by atomic mass is 32.2. The number of aryl methyl sites for hydroxylation is 4. The predicted molar refractivity (Wildman–Crippen MR) is 180 cm³/mol. The molecule has 0 aromatic heterocycles. The van der Waals surface area contributed by atoms with E-state index in [1.165, 1.54) is 47.8 Å². The molecule has 0 heterocycles. The molecule has 0 unspecified atom stereocenters. The van der Waals surface area contributed by atoms with Gasteiger partial charge in [-0.05, 0) is 94.8 Å². The van der Waals surface area contributed by atoms with Crippen LogP contribution in [0.1, 0.15) is 28.7 Å². The highest BCUT2D eigenvalue weighted by Crippen LogP contribution is 2.29. The van der Waals surface area contributed by atoms with E-state index in [1.54, 1.807) is 36.4 Å². The highest BCUT2D eigenvalue weighted by Gasteiger charge is 2.18. The van der Waals surface area contributed by atoms with Gasteiger partial charge in [-0.3, -0.25) is 0 Å². The first-order valence-corrected chi connectivity index (χ1v) is 18.3. The molecule has 0 aliphatic rings. The van der Waals surface area contributed by atoms with Crippen molar-refractivity contribution in [3.8, 4) is 0 Å². The molecule has 236 valence electrons. The minimum absolute atomic E-state index is 0.0214. The van der Waals surface area contributed by atoms with E-state index in [0.29, 0.717) is 10.1 Å². The second-order valence-electron chi connectivity index (χ2n) is 10.1. The molecular formula is C33H34N2O6S4. The van der Waals surface area contributed by atoms with Gasteiger partial charge in [-0.25, -0.2) is 11.0 Å². The zero-order valence-corrected chi connectivity index (χ0v) is 28.4. The maximum absolute atomic E-state index is 12.8. The number of hydroxylamine groups is 2. The van der Waals surface area contributed by atoms with Crippen molar-refractivity contribution in [3.63, 3.8) is 0 Å². The monoisotopic (exact) mass is 682 g/mol. The molecule has 4 aromatic rings. The van der Waals surface area contributed by atoms with Crippen LogP contribution in [0.2, 0.25) is 0 Å². The van der Waals surface area contributed by atoms with Crippen LogP contribution in [0, 0.1) is 27.7 Å². The summed E-state index contributed by atoms with van der Waals surface area (Å²) >= 11 is 2.57. The Balaban J connectivity index is 1.56. The largest absolute Gasteiger partial charge is 0.317 e. The average Bonchev–Trinajstić information content (AvgIpc) is 3.01. The van der Waals surface area contributed by atoms with Gasteiger partial charge in [0.25, 0.3) is 0 Å². The van der Waals surface area contributed by atoms with Crippen LogP contribution in [-0.4, -0.2) is 16.8 Å². The fourth-order valence-electron chi connectivity index (χ4n) is 3.65. The van der Waals surface area contributed by atoms with Gasteiger partial charge in [0.2, 0.25) is 0 Å². The summed E-state index contributed by atoms with van der Waals surface area (Å²) in [7, 11) is -8.19. The number of thioether (sulfide) groups is 2. The van der Waals surface area contributed by atoms with Crippen molar-refractivity contribution >= 4 is 43.8 Å². The van der Waals surface area contributed by atoms with E-state index in [9.17, 15) is 16.8 Å². The smallest absolute Gasteiger partial charge is 0.243 e. The Morgan fingerprint density at radius 1 is 0.533 bits per heavy atom. The van der Waals surface area contributed by atoms with Crippen LogP contribution < -0.4 is 11.0 Å². The zero-order valence-electron chi connectivity index (χ0n) is 25.2. The number of hydrogen-bond acceptors (Lipinski definition) is 10. The molecule has 2 N–H and O–H groups in total. The normalized spacial score (nSPS) is 12.6. The van der Waals surface area contributed by atoms with Crippen LogP contribution in [0.5, 0.6) is 0 Å². The van der Waals surface area contributed by atoms with E-state index in [-0.39, 0.29) is 16.2 Å². The Kier molecular flexibility index (Phi) is 12.0. The fraction of sp³-hybridized carbons (Fsp3) is 0.152. The lowest BCUT2D eigenvalue weighted by molar-refractivity contribution is 0.245. The van der Waals surface area contributed by atoms with Crippen LogP contribution in [0.15, 0.2) is 139 Å². The molecule has 45 heavy (non-hydrogen) atoms. The molecule has 4 rings (SSSR count). The third kappa shape index (κ3) is 10.8. The SMILES string of the molecule is Cc1ccc(S/C(=C/C/C=C(\NOS(=O)(=O)c2ccc(C)cc2)Sc2ccc(C)cc2)NOS(=O)(=O)c2ccc(C)cc2)cc1. The molecule has 0 atom stereocenters. The third-order valence-corrected chi connectivity index (χ3v) is 10.5. The second kappa shape index (κ2) is 15.7. The molecule has 0 saturated heterocycles. The number of benzene rings is 4. The molecule has 8 nitrogen and oxygen atoms in total. The number of nitrogens with one attached hydrogen (secondary N) is 2. The van der Waals surface area contributed by atoms with Gasteiger partial charge < -0.3 is 0 Å². The molecule has 0 saturated carbocycles. The number of allylic oxidation sites excluding steroid dienone is 2. The molecule has 12 heteroatoms. The van der Waals surface area contributed by atoms with Crippen LogP contribution in [0.25, 0.3) is 0 Å². The first-order valence-electron chi connectivity index (χ1n) is 13.8. The minimum Gasteiger partial charge on any atom is -0.243 e. The quantitative estimate of drug-likeness (QED) is 0.101. The summed E-state index contributed by atoms with van der Waals surface area (Å²) in [6, 6.07) is 28.2. The number of hydrogen-bond donors (Lipinski definition) is 2. The Morgan fingerprint density at radius 3 is 1.13 bits per heavy atom. The lowest BCUT2D eigenvalue weighted by Crippen LogP contribution is -2.19. The van der Waals surface area contributed by atoms with Gasteiger partial charge in [0, 0.05) is 9.79 Å². The first-order chi connectivity index (χ1) is 21.4. The number of rotatable bonds is 14. The van der Waals surface area contributed by atoms with Crippen LogP contribution in [0.3, 0.4) is 0 Å². The molecule has 0 bridgehead atoms. The van der Waals surface area contributed by atoms with Crippen molar-refractivity contribution in [2.45, 2.75) is 53.7 Å². The zero-order chi connectivity index (χ0) is 32.5. The van der Waals surface area contributed by atoms with Crippen molar-refractivity contribution in [1.29, 1.82) is 0 Å². The standard InChI is InChI=1S/C33H34N2O6S4/c1-24-8-16-28(17-9-24)42-32(34-40-44(36,37)30-20-12-26(3)13-21-30)6-5-7-33(43-29-18-10-25(2)11-19-29)35-41-45(38,39)31-22-14-27(4)15-23-31/h6-23,34-35H,5H2,1-4H3/b32-6+,33-7+.